The first-order valence-electron chi connectivity index (χ1n) is 6.52. The van der Waals surface area contributed by atoms with Crippen LogP contribution in [0.1, 0.15) is 12.8 Å². The molecule has 1 saturated heterocycles. The topological polar surface area (TPSA) is 61.8 Å². The zero-order valence-corrected chi connectivity index (χ0v) is 11.1. The van der Waals surface area contributed by atoms with Gasteiger partial charge >= 0.3 is 0 Å². The van der Waals surface area contributed by atoms with E-state index in [1.54, 1.807) is 7.11 Å². The van der Waals surface area contributed by atoms with Crippen molar-refractivity contribution in [1.82, 2.24) is 4.90 Å². The van der Waals surface area contributed by atoms with E-state index in [4.69, 9.17) is 4.74 Å². The molecule has 0 aliphatic carbocycles. The number of nitrogens with zero attached hydrogens (tertiary/aromatic N) is 1. The average molecular weight is 264 g/mol. The zero-order chi connectivity index (χ0) is 13.7. The molecule has 2 N–H and O–H groups in total. The van der Waals surface area contributed by atoms with Gasteiger partial charge in [0.25, 0.3) is 0 Å². The van der Waals surface area contributed by atoms with Crippen molar-refractivity contribution < 1.29 is 14.6 Å². The highest BCUT2D eigenvalue weighted by Crippen LogP contribution is 2.22. The molecular weight excluding hydrogens is 244 g/mol. The fourth-order valence-electron chi connectivity index (χ4n) is 2.22. The molecule has 1 heterocycles. The third-order valence-electron chi connectivity index (χ3n) is 3.31. The molecule has 0 unspecified atom stereocenters. The number of carbonyl (C=O) groups is 1. The Morgan fingerprint density at radius 3 is 2.79 bits per heavy atom. The molecule has 2 rings (SSSR count). The van der Waals surface area contributed by atoms with Gasteiger partial charge in [-0.25, -0.2) is 0 Å². The van der Waals surface area contributed by atoms with Crippen molar-refractivity contribution in [3.8, 4) is 5.75 Å². The van der Waals surface area contributed by atoms with Gasteiger partial charge in [0.15, 0.2) is 0 Å². The molecule has 1 aromatic carbocycles. The maximum absolute atomic E-state index is 12.0. The number of aliphatic hydroxyl groups is 1. The Hall–Kier alpha value is -1.59. The normalized spacial score (nSPS) is 17.2. The number of hydrogen-bond donors (Lipinski definition) is 2. The number of rotatable bonds is 4. The minimum Gasteiger partial charge on any atom is -0.495 e. The highest BCUT2D eigenvalue weighted by Gasteiger charge is 2.19. The monoisotopic (exact) mass is 264 g/mol. The second-order valence-electron chi connectivity index (χ2n) is 4.76. The van der Waals surface area contributed by atoms with Crippen LogP contribution in [0.4, 0.5) is 5.69 Å². The zero-order valence-electron chi connectivity index (χ0n) is 11.1. The molecule has 1 amide bonds. The summed E-state index contributed by atoms with van der Waals surface area (Å²) >= 11 is 0. The smallest absolute Gasteiger partial charge is 0.238 e. The third-order valence-corrected chi connectivity index (χ3v) is 3.31. The maximum Gasteiger partial charge on any atom is 0.238 e. The number of anilines is 1. The van der Waals surface area contributed by atoms with Gasteiger partial charge in [-0.2, -0.15) is 0 Å². The van der Waals surface area contributed by atoms with Crippen LogP contribution in [0.5, 0.6) is 5.75 Å². The van der Waals surface area contributed by atoms with Gasteiger partial charge < -0.3 is 15.2 Å². The highest BCUT2D eigenvalue weighted by atomic mass is 16.5. The Morgan fingerprint density at radius 1 is 1.42 bits per heavy atom. The summed E-state index contributed by atoms with van der Waals surface area (Å²) in [5, 5.41) is 12.3. The molecule has 1 aromatic rings. The van der Waals surface area contributed by atoms with E-state index in [0.29, 0.717) is 18.0 Å². The standard InChI is InChI=1S/C14H20N2O3/c1-19-13-5-3-2-4-12(13)15-14(18)10-16-8-6-11(17)7-9-16/h2-5,11,17H,6-10H2,1H3,(H,15,18). The quantitative estimate of drug-likeness (QED) is 0.854. The molecule has 0 spiro atoms. The lowest BCUT2D eigenvalue weighted by atomic mass is 10.1. The van der Waals surface area contributed by atoms with Crippen molar-refractivity contribution in [2.24, 2.45) is 0 Å². The Labute approximate surface area is 113 Å². The first kappa shape index (κ1) is 13.8. The number of methoxy groups -OCH3 is 1. The number of ether oxygens (including phenoxy) is 1. The molecule has 5 heteroatoms. The molecule has 104 valence electrons. The van der Waals surface area contributed by atoms with Crippen molar-refractivity contribution >= 4 is 11.6 Å². The molecule has 1 aliphatic heterocycles. The van der Waals surface area contributed by atoms with E-state index in [-0.39, 0.29) is 12.0 Å². The summed E-state index contributed by atoms with van der Waals surface area (Å²) in [6.45, 7) is 1.88. The molecule has 0 bridgehead atoms. The van der Waals surface area contributed by atoms with E-state index < -0.39 is 0 Å². The van der Waals surface area contributed by atoms with Crippen LogP contribution in [0.3, 0.4) is 0 Å². The van der Waals surface area contributed by atoms with Crippen LogP contribution < -0.4 is 10.1 Å². The first-order valence-corrected chi connectivity index (χ1v) is 6.52. The van der Waals surface area contributed by atoms with Crippen LogP contribution in [-0.2, 0) is 4.79 Å². The van der Waals surface area contributed by atoms with Crippen molar-refractivity contribution in [2.45, 2.75) is 18.9 Å². The number of benzene rings is 1. The number of piperidine rings is 1. The summed E-state index contributed by atoms with van der Waals surface area (Å²) in [6.07, 6.45) is 1.26. The second-order valence-corrected chi connectivity index (χ2v) is 4.76. The van der Waals surface area contributed by atoms with E-state index in [2.05, 4.69) is 10.2 Å². The van der Waals surface area contributed by atoms with Gasteiger partial charge in [-0.05, 0) is 25.0 Å². The van der Waals surface area contributed by atoms with Crippen LogP contribution in [-0.4, -0.2) is 48.8 Å². The Morgan fingerprint density at radius 2 is 2.11 bits per heavy atom. The molecule has 0 saturated carbocycles. The van der Waals surface area contributed by atoms with Gasteiger partial charge in [-0.3, -0.25) is 9.69 Å². The SMILES string of the molecule is COc1ccccc1NC(=O)CN1CCC(O)CC1. The Balaban J connectivity index is 1.87. The number of likely N-dealkylation sites (tertiary alicyclic amines) is 1. The fraction of sp³-hybridized carbons (Fsp3) is 0.500. The van der Waals surface area contributed by atoms with E-state index in [0.717, 1.165) is 25.9 Å². The third kappa shape index (κ3) is 3.94. The number of nitrogens with one attached hydrogen (secondary N) is 1. The largest absolute Gasteiger partial charge is 0.495 e. The van der Waals surface area contributed by atoms with Crippen molar-refractivity contribution in [3.63, 3.8) is 0 Å². The van der Waals surface area contributed by atoms with Crippen LogP contribution in [0, 0.1) is 0 Å². The van der Waals surface area contributed by atoms with E-state index >= 15 is 0 Å². The van der Waals surface area contributed by atoms with Crippen LogP contribution in [0.2, 0.25) is 0 Å². The minimum absolute atomic E-state index is 0.0547. The van der Waals surface area contributed by atoms with Crippen molar-refractivity contribution in [3.05, 3.63) is 24.3 Å². The fourth-order valence-corrected chi connectivity index (χ4v) is 2.22. The lowest BCUT2D eigenvalue weighted by molar-refractivity contribution is -0.117. The van der Waals surface area contributed by atoms with Crippen molar-refractivity contribution in [2.75, 3.05) is 32.1 Å². The molecule has 0 atom stereocenters. The number of aliphatic hydroxyl groups excluding tert-OH is 1. The van der Waals surface area contributed by atoms with Gasteiger partial charge in [-0.15, -0.1) is 0 Å². The minimum atomic E-state index is -0.214. The summed E-state index contributed by atoms with van der Waals surface area (Å²) in [6, 6.07) is 7.35. The molecule has 0 radical (unpaired) electrons. The van der Waals surface area contributed by atoms with Gasteiger partial charge in [0.2, 0.25) is 5.91 Å². The van der Waals surface area contributed by atoms with Gasteiger partial charge in [0.05, 0.1) is 25.4 Å². The van der Waals surface area contributed by atoms with Gasteiger partial charge in [0.1, 0.15) is 5.75 Å². The molecule has 5 nitrogen and oxygen atoms in total. The summed E-state index contributed by atoms with van der Waals surface area (Å²) < 4.78 is 5.19. The first-order chi connectivity index (χ1) is 9.19. The number of carbonyl (C=O) groups excluding carboxylic acids is 1. The lowest BCUT2D eigenvalue weighted by Crippen LogP contribution is -2.40. The van der Waals surface area contributed by atoms with Crippen molar-refractivity contribution in [1.29, 1.82) is 0 Å². The molecular formula is C14H20N2O3. The molecule has 19 heavy (non-hydrogen) atoms. The predicted molar refractivity (Wildman–Crippen MR) is 73.3 cm³/mol. The lowest BCUT2D eigenvalue weighted by Gasteiger charge is -2.28. The van der Waals surface area contributed by atoms with Crippen LogP contribution >= 0.6 is 0 Å². The number of amides is 1. The average Bonchev–Trinajstić information content (AvgIpc) is 2.42. The van der Waals surface area contributed by atoms with Crippen LogP contribution in [0.25, 0.3) is 0 Å². The summed E-state index contributed by atoms with van der Waals surface area (Å²) in [4.78, 5) is 14.0. The second kappa shape index (κ2) is 6.54. The summed E-state index contributed by atoms with van der Waals surface area (Å²) in [5.74, 6) is 0.603. The van der Waals surface area contributed by atoms with E-state index in [9.17, 15) is 9.90 Å². The number of para-hydroxylation sites is 2. The molecule has 1 fully saturated rings. The maximum atomic E-state index is 12.0. The predicted octanol–water partition coefficient (Wildman–Crippen LogP) is 1.09. The van der Waals surface area contributed by atoms with Gasteiger partial charge in [-0.1, -0.05) is 12.1 Å². The Bertz CT molecular complexity index is 428. The summed E-state index contributed by atoms with van der Waals surface area (Å²) in [5.41, 5.74) is 0.687. The summed E-state index contributed by atoms with van der Waals surface area (Å²) in [7, 11) is 1.58. The Kier molecular flexibility index (Phi) is 4.76. The number of hydrogen-bond acceptors (Lipinski definition) is 4. The molecule has 1 aliphatic rings. The van der Waals surface area contributed by atoms with E-state index in [1.165, 1.54) is 0 Å². The van der Waals surface area contributed by atoms with Gasteiger partial charge in [0, 0.05) is 13.1 Å². The molecule has 0 aromatic heterocycles. The van der Waals surface area contributed by atoms with E-state index in [1.807, 2.05) is 24.3 Å². The van der Waals surface area contributed by atoms with Crippen LogP contribution in [0.15, 0.2) is 24.3 Å². The highest BCUT2D eigenvalue weighted by molar-refractivity contribution is 5.93.